The van der Waals surface area contributed by atoms with Crippen molar-refractivity contribution in [2.75, 3.05) is 19.4 Å². The maximum absolute atomic E-state index is 12.3. The van der Waals surface area contributed by atoms with Gasteiger partial charge in [0.05, 0.1) is 4.90 Å². The standard InChI is InChI=1S/C19H25N3O2S2/c1-15(2)22(14-16-9-6-5-7-10-16)19(25)20-17-11-8-12-18(13-17)26(23,24)21(3)4/h5-13,15H,14H2,1-4H3,(H,20,25). The van der Waals surface area contributed by atoms with E-state index < -0.39 is 10.0 Å². The fraction of sp³-hybridized carbons (Fsp3) is 0.316. The highest BCUT2D eigenvalue weighted by molar-refractivity contribution is 7.89. The molecule has 0 aliphatic rings. The Hall–Kier alpha value is -1.96. The van der Waals surface area contributed by atoms with Crippen molar-refractivity contribution >= 4 is 33.0 Å². The number of hydrogen-bond acceptors (Lipinski definition) is 3. The minimum atomic E-state index is -3.48. The monoisotopic (exact) mass is 391 g/mol. The Kier molecular flexibility index (Phi) is 6.75. The van der Waals surface area contributed by atoms with Crippen LogP contribution in [0.2, 0.25) is 0 Å². The molecule has 0 spiro atoms. The highest BCUT2D eigenvalue weighted by Crippen LogP contribution is 2.19. The second-order valence-electron chi connectivity index (χ2n) is 6.45. The molecule has 0 bridgehead atoms. The second kappa shape index (κ2) is 8.62. The van der Waals surface area contributed by atoms with E-state index in [1.54, 1.807) is 18.2 Å². The first-order chi connectivity index (χ1) is 12.2. The van der Waals surface area contributed by atoms with Gasteiger partial charge in [-0.15, -0.1) is 0 Å². The number of nitrogens with one attached hydrogen (secondary N) is 1. The molecule has 0 aromatic heterocycles. The molecule has 0 aliphatic carbocycles. The molecular formula is C19H25N3O2S2. The first-order valence-electron chi connectivity index (χ1n) is 8.36. The van der Waals surface area contributed by atoms with Crippen molar-refractivity contribution in [1.82, 2.24) is 9.21 Å². The Morgan fingerprint density at radius 2 is 1.73 bits per heavy atom. The average molecular weight is 392 g/mol. The molecule has 0 fully saturated rings. The zero-order chi connectivity index (χ0) is 19.3. The number of hydrogen-bond donors (Lipinski definition) is 1. The summed E-state index contributed by atoms with van der Waals surface area (Å²) in [6, 6.07) is 17.0. The van der Waals surface area contributed by atoms with Crippen LogP contribution in [0.25, 0.3) is 0 Å². The minimum Gasteiger partial charge on any atom is -0.342 e. The van der Waals surface area contributed by atoms with Crippen molar-refractivity contribution < 1.29 is 8.42 Å². The quantitative estimate of drug-likeness (QED) is 0.764. The van der Waals surface area contributed by atoms with Crippen LogP contribution in [0.3, 0.4) is 0 Å². The van der Waals surface area contributed by atoms with Gasteiger partial charge in [0.25, 0.3) is 0 Å². The third kappa shape index (κ3) is 5.03. The SMILES string of the molecule is CC(C)N(Cc1ccccc1)C(=S)Nc1cccc(S(=O)(=O)N(C)C)c1. The third-order valence-electron chi connectivity index (χ3n) is 3.94. The predicted molar refractivity (Wildman–Crippen MR) is 111 cm³/mol. The van der Waals surface area contributed by atoms with E-state index in [4.69, 9.17) is 12.2 Å². The molecule has 0 unspecified atom stereocenters. The van der Waals surface area contributed by atoms with Crippen LogP contribution in [0.15, 0.2) is 59.5 Å². The van der Waals surface area contributed by atoms with Crippen molar-refractivity contribution in [3.05, 3.63) is 60.2 Å². The summed E-state index contributed by atoms with van der Waals surface area (Å²) >= 11 is 5.58. The zero-order valence-electron chi connectivity index (χ0n) is 15.5. The van der Waals surface area contributed by atoms with E-state index in [9.17, 15) is 8.42 Å². The molecule has 0 aliphatic heterocycles. The molecule has 1 N–H and O–H groups in total. The Labute approximate surface area is 161 Å². The van der Waals surface area contributed by atoms with Gasteiger partial charge in [-0.05, 0) is 49.8 Å². The van der Waals surface area contributed by atoms with E-state index in [0.717, 1.165) is 5.56 Å². The molecule has 0 heterocycles. The number of sulfonamides is 1. The summed E-state index contributed by atoms with van der Waals surface area (Å²) in [5, 5.41) is 3.73. The summed E-state index contributed by atoms with van der Waals surface area (Å²) in [5.41, 5.74) is 1.81. The zero-order valence-corrected chi connectivity index (χ0v) is 17.1. The average Bonchev–Trinajstić information content (AvgIpc) is 2.60. The first-order valence-corrected chi connectivity index (χ1v) is 10.2. The van der Waals surface area contributed by atoms with E-state index in [1.807, 2.05) is 24.3 Å². The summed E-state index contributed by atoms with van der Waals surface area (Å²) in [4.78, 5) is 2.30. The topological polar surface area (TPSA) is 52.7 Å². The lowest BCUT2D eigenvalue weighted by molar-refractivity contribution is 0.348. The van der Waals surface area contributed by atoms with E-state index in [0.29, 0.717) is 17.3 Å². The molecule has 2 aromatic carbocycles. The van der Waals surface area contributed by atoms with Crippen LogP contribution in [0, 0.1) is 0 Å². The van der Waals surface area contributed by atoms with Crippen molar-refractivity contribution in [2.24, 2.45) is 0 Å². The molecule has 26 heavy (non-hydrogen) atoms. The highest BCUT2D eigenvalue weighted by Gasteiger charge is 2.18. The predicted octanol–water partition coefficient (Wildman–Crippen LogP) is 3.54. The molecular weight excluding hydrogens is 366 g/mol. The van der Waals surface area contributed by atoms with Gasteiger partial charge in [0.15, 0.2) is 5.11 Å². The van der Waals surface area contributed by atoms with Crippen molar-refractivity contribution in [3.63, 3.8) is 0 Å². The van der Waals surface area contributed by atoms with E-state index in [2.05, 4.69) is 36.2 Å². The number of anilines is 1. The molecule has 0 atom stereocenters. The molecule has 140 valence electrons. The van der Waals surface area contributed by atoms with Gasteiger partial charge in [0.2, 0.25) is 10.0 Å². The van der Waals surface area contributed by atoms with Crippen LogP contribution in [-0.2, 0) is 16.6 Å². The molecule has 0 saturated heterocycles. The fourth-order valence-electron chi connectivity index (χ4n) is 2.41. The Morgan fingerprint density at radius 1 is 1.08 bits per heavy atom. The van der Waals surface area contributed by atoms with Crippen LogP contribution in [0.1, 0.15) is 19.4 Å². The Bertz CT molecular complexity index is 850. The minimum absolute atomic E-state index is 0.198. The molecule has 5 nitrogen and oxygen atoms in total. The van der Waals surface area contributed by atoms with Gasteiger partial charge in [0.1, 0.15) is 0 Å². The lowest BCUT2D eigenvalue weighted by Crippen LogP contribution is -2.39. The lowest BCUT2D eigenvalue weighted by Gasteiger charge is -2.30. The van der Waals surface area contributed by atoms with E-state index in [1.165, 1.54) is 18.4 Å². The first kappa shape index (κ1) is 20.4. The van der Waals surface area contributed by atoms with Crippen LogP contribution in [0.5, 0.6) is 0 Å². The van der Waals surface area contributed by atoms with Gasteiger partial charge in [-0.1, -0.05) is 36.4 Å². The molecule has 0 radical (unpaired) electrons. The van der Waals surface area contributed by atoms with Crippen molar-refractivity contribution in [1.29, 1.82) is 0 Å². The van der Waals surface area contributed by atoms with Crippen molar-refractivity contribution in [2.45, 2.75) is 31.3 Å². The van der Waals surface area contributed by atoms with E-state index in [-0.39, 0.29) is 10.9 Å². The summed E-state index contributed by atoms with van der Waals surface area (Å²) in [6.07, 6.45) is 0. The molecule has 2 aromatic rings. The van der Waals surface area contributed by atoms with Gasteiger partial charge < -0.3 is 10.2 Å². The summed E-state index contributed by atoms with van der Waals surface area (Å²) in [5.74, 6) is 0. The second-order valence-corrected chi connectivity index (χ2v) is 8.99. The molecule has 7 heteroatoms. The van der Waals surface area contributed by atoms with Crippen LogP contribution < -0.4 is 5.32 Å². The van der Waals surface area contributed by atoms with Crippen LogP contribution in [0.4, 0.5) is 5.69 Å². The molecule has 2 rings (SSSR count). The summed E-state index contributed by atoms with van der Waals surface area (Å²) < 4.78 is 25.8. The maximum atomic E-state index is 12.3. The van der Waals surface area contributed by atoms with Crippen molar-refractivity contribution in [3.8, 4) is 0 Å². The summed E-state index contributed by atoms with van der Waals surface area (Å²) in [7, 11) is -0.455. The number of rotatable bonds is 6. The largest absolute Gasteiger partial charge is 0.342 e. The molecule has 0 amide bonds. The van der Waals surface area contributed by atoms with Crippen LogP contribution in [-0.4, -0.2) is 42.9 Å². The van der Waals surface area contributed by atoms with Gasteiger partial charge in [0, 0.05) is 32.4 Å². The molecule has 0 saturated carbocycles. The summed E-state index contributed by atoms with van der Waals surface area (Å²) in [6.45, 7) is 4.83. The normalized spacial score (nSPS) is 11.6. The third-order valence-corrected chi connectivity index (χ3v) is 6.09. The van der Waals surface area contributed by atoms with Gasteiger partial charge in [-0.3, -0.25) is 0 Å². The van der Waals surface area contributed by atoms with Gasteiger partial charge in [-0.25, -0.2) is 12.7 Å². The van der Waals surface area contributed by atoms with E-state index >= 15 is 0 Å². The number of thiocarbonyl (C=S) groups is 1. The Balaban J connectivity index is 2.19. The number of benzene rings is 2. The van der Waals surface area contributed by atoms with Gasteiger partial charge in [-0.2, -0.15) is 0 Å². The maximum Gasteiger partial charge on any atom is 0.242 e. The highest BCUT2D eigenvalue weighted by atomic mass is 32.2. The lowest BCUT2D eigenvalue weighted by atomic mass is 10.2. The van der Waals surface area contributed by atoms with Gasteiger partial charge >= 0.3 is 0 Å². The fourth-order valence-corrected chi connectivity index (χ4v) is 3.75. The van der Waals surface area contributed by atoms with Crippen LogP contribution >= 0.6 is 12.2 Å². The number of nitrogens with zero attached hydrogens (tertiary/aromatic N) is 2. The Morgan fingerprint density at radius 3 is 2.31 bits per heavy atom. The smallest absolute Gasteiger partial charge is 0.242 e.